The fourth-order valence-electron chi connectivity index (χ4n) is 3.16. The minimum absolute atomic E-state index is 0.0281. The van der Waals surface area contributed by atoms with Gasteiger partial charge in [-0.25, -0.2) is 0 Å². The maximum absolute atomic E-state index is 12.3. The Morgan fingerprint density at radius 3 is 2.88 bits per heavy atom. The van der Waals surface area contributed by atoms with Crippen molar-refractivity contribution in [3.63, 3.8) is 0 Å². The SMILES string of the molecule is COc1cc(C=O)ccc1OCC(=O)N[C@H]1CCCc2ccccc21. The molecule has 25 heavy (non-hydrogen) atoms. The van der Waals surface area contributed by atoms with E-state index in [1.54, 1.807) is 18.2 Å². The number of nitrogens with one attached hydrogen (secondary N) is 1. The van der Waals surface area contributed by atoms with Crippen LogP contribution in [0.25, 0.3) is 0 Å². The smallest absolute Gasteiger partial charge is 0.258 e. The number of benzene rings is 2. The molecule has 0 aliphatic heterocycles. The number of fused-ring (bicyclic) bond motifs is 1. The highest BCUT2D eigenvalue weighted by molar-refractivity contribution is 5.79. The summed E-state index contributed by atoms with van der Waals surface area (Å²) in [4.78, 5) is 23.1. The van der Waals surface area contributed by atoms with E-state index in [4.69, 9.17) is 9.47 Å². The fourth-order valence-corrected chi connectivity index (χ4v) is 3.16. The second-order valence-electron chi connectivity index (χ2n) is 6.03. The number of hydrogen-bond acceptors (Lipinski definition) is 4. The Bertz CT molecular complexity index is 772. The van der Waals surface area contributed by atoms with Crippen LogP contribution in [-0.4, -0.2) is 25.9 Å². The van der Waals surface area contributed by atoms with Crippen LogP contribution in [0.15, 0.2) is 42.5 Å². The van der Waals surface area contributed by atoms with Crippen molar-refractivity contribution in [3.8, 4) is 11.5 Å². The second kappa shape index (κ2) is 7.83. The third-order valence-corrected chi connectivity index (χ3v) is 4.39. The molecule has 1 aliphatic rings. The molecule has 1 atom stereocenters. The monoisotopic (exact) mass is 339 g/mol. The molecule has 0 heterocycles. The number of carbonyl (C=O) groups is 2. The van der Waals surface area contributed by atoms with E-state index in [9.17, 15) is 9.59 Å². The molecule has 130 valence electrons. The quantitative estimate of drug-likeness (QED) is 0.822. The second-order valence-corrected chi connectivity index (χ2v) is 6.03. The van der Waals surface area contributed by atoms with Gasteiger partial charge in [0.05, 0.1) is 13.2 Å². The van der Waals surface area contributed by atoms with Gasteiger partial charge in [-0.2, -0.15) is 0 Å². The van der Waals surface area contributed by atoms with Crippen LogP contribution in [-0.2, 0) is 11.2 Å². The summed E-state index contributed by atoms with van der Waals surface area (Å²) in [6.45, 7) is -0.102. The third kappa shape index (κ3) is 3.99. The van der Waals surface area contributed by atoms with Gasteiger partial charge in [-0.05, 0) is 48.6 Å². The molecule has 2 aromatic carbocycles. The summed E-state index contributed by atoms with van der Waals surface area (Å²) < 4.78 is 10.8. The molecule has 1 aliphatic carbocycles. The lowest BCUT2D eigenvalue weighted by molar-refractivity contribution is -0.124. The molecule has 0 saturated carbocycles. The van der Waals surface area contributed by atoms with E-state index in [0.29, 0.717) is 17.1 Å². The van der Waals surface area contributed by atoms with Gasteiger partial charge >= 0.3 is 0 Å². The van der Waals surface area contributed by atoms with E-state index >= 15 is 0 Å². The number of aldehydes is 1. The minimum Gasteiger partial charge on any atom is -0.493 e. The highest BCUT2D eigenvalue weighted by Crippen LogP contribution is 2.30. The molecule has 0 saturated heterocycles. The van der Waals surface area contributed by atoms with Gasteiger partial charge in [0, 0.05) is 5.56 Å². The van der Waals surface area contributed by atoms with Crippen LogP contribution in [0.4, 0.5) is 0 Å². The average molecular weight is 339 g/mol. The Kier molecular flexibility index (Phi) is 5.33. The number of aryl methyl sites for hydroxylation is 1. The van der Waals surface area contributed by atoms with Crippen molar-refractivity contribution in [1.29, 1.82) is 0 Å². The lowest BCUT2D eigenvalue weighted by Gasteiger charge is -2.26. The molecule has 3 rings (SSSR count). The van der Waals surface area contributed by atoms with Crippen molar-refractivity contribution in [2.24, 2.45) is 0 Å². The maximum atomic E-state index is 12.3. The molecule has 2 aromatic rings. The van der Waals surface area contributed by atoms with Crippen molar-refractivity contribution >= 4 is 12.2 Å². The zero-order valence-electron chi connectivity index (χ0n) is 14.2. The molecule has 0 fully saturated rings. The predicted octanol–water partition coefficient (Wildman–Crippen LogP) is 3.08. The first kappa shape index (κ1) is 17.0. The van der Waals surface area contributed by atoms with Crippen molar-refractivity contribution < 1.29 is 19.1 Å². The lowest BCUT2D eigenvalue weighted by atomic mass is 9.88. The molecular weight excluding hydrogens is 318 g/mol. The number of carbonyl (C=O) groups excluding carboxylic acids is 2. The zero-order chi connectivity index (χ0) is 17.6. The maximum Gasteiger partial charge on any atom is 0.258 e. The van der Waals surface area contributed by atoms with E-state index in [-0.39, 0.29) is 18.6 Å². The summed E-state index contributed by atoms with van der Waals surface area (Å²) in [6.07, 6.45) is 3.78. The van der Waals surface area contributed by atoms with Gasteiger partial charge < -0.3 is 14.8 Å². The van der Waals surface area contributed by atoms with E-state index < -0.39 is 0 Å². The van der Waals surface area contributed by atoms with Crippen molar-refractivity contribution in [2.45, 2.75) is 25.3 Å². The van der Waals surface area contributed by atoms with Gasteiger partial charge in [-0.1, -0.05) is 24.3 Å². The van der Waals surface area contributed by atoms with Crippen LogP contribution in [0.5, 0.6) is 11.5 Å². The summed E-state index contributed by atoms with van der Waals surface area (Å²) in [7, 11) is 1.50. The van der Waals surface area contributed by atoms with Gasteiger partial charge in [-0.15, -0.1) is 0 Å². The molecule has 1 amide bonds. The Morgan fingerprint density at radius 2 is 2.08 bits per heavy atom. The van der Waals surface area contributed by atoms with E-state index in [2.05, 4.69) is 17.4 Å². The van der Waals surface area contributed by atoms with Crippen LogP contribution in [0.2, 0.25) is 0 Å². The van der Waals surface area contributed by atoms with Gasteiger partial charge in [0.25, 0.3) is 5.91 Å². The standard InChI is InChI=1S/C20H21NO4/c1-24-19-11-14(12-22)9-10-18(19)25-13-20(23)21-17-8-4-6-15-5-2-3-7-16(15)17/h2-3,5,7,9-12,17H,4,6,8,13H2,1H3,(H,21,23)/t17-/m0/s1. The van der Waals surface area contributed by atoms with Gasteiger partial charge in [0.1, 0.15) is 6.29 Å². The highest BCUT2D eigenvalue weighted by atomic mass is 16.5. The Morgan fingerprint density at radius 1 is 1.24 bits per heavy atom. The summed E-state index contributed by atoms with van der Waals surface area (Å²) in [5.41, 5.74) is 2.98. The zero-order valence-corrected chi connectivity index (χ0v) is 14.2. The first-order valence-electron chi connectivity index (χ1n) is 8.34. The Labute approximate surface area is 147 Å². The topological polar surface area (TPSA) is 64.6 Å². The summed E-state index contributed by atoms with van der Waals surface area (Å²) in [5.74, 6) is 0.691. The number of amides is 1. The van der Waals surface area contributed by atoms with Gasteiger partial charge in [-0.3, -0.25) is 9.59 Å². The highest BCUT2D eigenvalue weighted by Gasteiger charge is 2.21. The van der Waals surface area contributed by atoms with Crippen LogP contribution in [0, 0.1) is 0 Å². The molecular formula is C20H21NO4. The number of hydrogen-bond donors (Lipinski definition) is 1. The lowest BCUT2D eigenvalue weighted by Crippen LogP contribution is -2.34. The van der Waals surface area contributed by atoms with Crippen molar-refractivity contribution in [1.82, 2.24) is 5.32 Å². The molecule has 0 bridgehead atoms. The van der Waals surface area contributed by atoms with Gasteiger partial charge in [0.2, 0.25) is 0 Å². The minimum atomic E-state index is -0.178. The molecule has 0 radical (unpaired) electrons. The van der Waals surface area contributed by atoms with Crippen molar-refractivity contribution in [3.05, 3.63) is 59.2 Å². The average Bonchev–Trinajstić information content (AvgIpc) is 2.66. The summed E-state index contributed by atoms with van der Waals surface area (Å²) in [5, 5.41) is 3.04. The first-order chi connectivity index (χ1) is 12.2. The van der Waals surface area contributed by atoms with Crippen LogP contribution >= 0.6 is 0 Å². The van der Waals surface area contributed by atoms with E-state index in [0.717, 1.165) is 25.5 Å². The largest absolute Gasteiger partial charge is 0.493 e. The van der Waals surface area contributed by atoms with Crippen LogP contribution in [0.1, 0.15) is 40.4 Å². The Hall–Kier alpha value is -2.82. The molecule has 5 heteroatoms. The predicted molar refractivity (Wildman–Crippen MR) is 94.1 cm³/mol. The van der Waals surface area contributed by atoms with Gasteiger partial charge in [0.15, 0.2) is 18.1 Å². The Balaban J connectivity index is 1.62. The number of rotatable bonds is 6. The van der Waals surface area contributed by atoms with Crippen LogP contribution < -0.4 is 14.8 Å². The van der Waals surface area contributed by atoms with Crippen LogP contribution in [0.3, 0.4) is 0 Å². The fraction of sp³-hybridized carbons (Fsp3) is 0.300. The molecule has 0 aromatic heterocycles. The van der Waals surface area contributed by atoms with E-state index in [1.165, 1.54) is 18.2 Å². The summed E-state index contributed by atoms with van der Waals surface area (Å²) >= 11 is 0. The molecule has 5 nitrogen and oxygen atoms in total. The number of ether oxygens (including phenoxy) is 2. The number of methoxy groups -OCH3 is 1. The van der Waals surface area contributed by atoms with E-state index in [1.807, 2.05) is 12.1 Å². The molecule has 1 N–H and O–H groups in total. The first-order valence-corrected chi connectivity index (χ1v) is 8.34. The molecule has 0 unspecified atom stereocenters. The third-order valence-electron chi connectivity index (χ3n) is 4.39. The summed E-state index contributed by atoms with van der Waals surface area (Å²) in [6, 6.07) is 13.1. The molecule has 0 spiro atoms. The normalized spacial score (nSPS) is 15.8. The van der Waals surface area contributed by atoms with Crippen molar-refractivity contribution in [2.75, 3.05) is 13.7 Å².